The van der Waals surface area contributed by atoms with Gasteiger partial charge in [0.15, 0.2) is 11.3 Å². The standard InChI is InChI=1S/C23H26ClN3O3/c1-14-10-20(23(28)29)26-22-21(14)25-15(2)27(22)12-17-8-9-18(11-19(17)24)30-13-16-6-4-3-5-7-16/h8-11,16H,3-7,12-13H2,1-2H3,(H,28,29). The highest BCUT2D eigenvalue weighted by Gasteiger charge is 2.17. The summed E-state index contributed by atoms with van der Waals surface area (Å²) in [6.07, 6.45) is 6.40. The van der Waals surface area contributed by atoms with E-state index in [-0.39, 0.29) is 5.69 Å². The highest BCUT2D eigenvalue weighted by molar-refractivity contribution is 6.31. The second kappa shape index (κ2) is 8.64. The minimum absolute atomic E-state index is 0.0127. The Morgan fingerprint density at radius 3 is 2.67 bits per heavy atom. The normalized spacial score (nSPS) is 14.9. The van der Waals surface area contributed by atoms with E-state index in [9.17, 15) is 9.90 Å². The highest BCUT2D eigenvalue weighted by Crippen LogP contribution is 2.28. The highest BCUT2D eigenvalue weighted by atomic mass is 35.5. The molecule has 1 aliphatic carbocycles. The number of aromatic carboxylic acids is 1. The average molecular weight is 428 g/mol. The van der Waals surface area contributed by atoms with Crippen LogP contribution in [0.5, 0.6) is 5.75 Å². The molecule has 0 aliphatic heterocycles. The number of fused-ring (bicyclic) bond motifs is 1. The number of aromatic nitrogens is 3. The molecule has 0 bridgehead atoms. The lowest BCUT2D eigenvalue weighted by atomic mass is 9.90. The molecule has 2 aromatic heterocycles. The topological polar surface area (TPSA) is 77.2 Å². The second-order valence-corrected chi connectivity index (χ2v) is 8.52. The summed E-state index contributed by atoms with van der Waals surface area (Å²) in [4.78, 5) is 20.3. The Balaban J connectivity index is 1.56. The Morgan fingerprint density at radius 1 is 1.20 bits per heavy atom. The lowest BCUT2D eigenvalue weighted by Gasteiger charge is -2.21. The Kier molecular flexibility index (Phi) is 5.95. The summed E-state index contributed by atoms with van der Waals surface area (Å²) in [5.74, 6) is 1.12. The largest absolute Gasteiger partial charge is 0.493 e. The number of hydrogen-bond acceptors (Lipinski definition) is 4. The Bertz CT molecular complexity index is 1090. The van der Waals surface area contributed by atoms with E-state index < -0.39 is 5.97 Å². The zero-order chi connectivity index (χ0) is 21.3. The first-order valence-electron chi connectivity index (χ1n) is 10.4. The fourth-order valence-corrected chi connectivity index (χ4v) is 4.36. The molecule has 3 aromatic rings. The van der Waals surface area contributed by atoms with Gasteiger partial charge in [-0.1, -0.05) is 36.9 Å². The average Bonchev–Trinajstić information content (AvgIpc) is 3.05. The van der Waals surface area contributed by atoms with E-state index in [1.54, 1.807) is 6.07 Å². The summed E-state index contributed by atoms with van der Waals surface area (Å²) in [6, 6.07) is 7.31. The molecule has 1 aliphatic rings. The smallest absolute Gasteiger partial charge is 0.354 e. The first kappa shape index (κ1) is 20.7. The van der Waals surface area contributed by atoms with Crippen molar-refractivity contribution < 1.29 is 14.6 Å². The maximum atomic E-state index is 11.4. The third kappa shape index (κ3) is 4.29. The van der Waals surface area contributed by atoms with Gasteiger partial charge in [0.25, 0.3) is 0 Å². The molecule has 7 heteroatoms. The van der Waals surface area contributed by atoms with Crippen LogP contribution in [0.2, 0.25) is 5.02 Å². The fraction of sp³-hybridized carbons (Fsp3) is 0.435. The van der Waals surface area contributed by atoms with E-state index >= 15 is 0 Å². The van der Waals surface area contributed by atoms with Crippen LogP contribution in [-0.2, 0) is 6.54 Å². The Hall–Kier alpha value is -2.60. The van der Waals surface area contributed by atoms with Crippen LogP contribution in [0.15, 0.2) is 24.3 Å². The summed E-state index contributed by atoms with van der Waals surface area (Å²) in [7, 11) is 0. The molecule has 0 saturated heterocycles. The molecule has 1 N–H and O–H groups in total. The summed E-state index contributed by atoms with van der Waals surface area (Å²) in [5, 5.41) is 9.96. The van der Waals surface area contributed by atoms with Crippen molar-refractivity contribution in [2.75, 3.05) is 6.61 Å². The van der Waals surface area contributed by atoms with Crippen molar-refractivity contribution in [2.45, 2.75) is 52.5 Å². The SMILES string of the molecule is Cc1cc(C(=O)O)nc2c1nc(C)n2Cc1ccc(OCC2CCCCC2)cc1Cl. The maximum Gasteiger partial charge on any atom is 0.354 e. The van der Waals surface area contributed by atoms with E-state index in [4.69, 9.17) is 16.3 Å². The van der Waals surface area contributed by atoms with Crippen LogP contribution < -0.4 is 4.74 Å². The lowest BCUT2D eigenvalue weighted by Crippen LogP contribution is -2.15. The van der Waals surface area contributed by atoms with Gasteiger partial charge in [-0.3, -0.25) is 0 Å². The van der Waals surface area contributed by atoms with Crippen molar-refractivity contribution in [3.63, 3.8) is 0 Å². The van der Waals surface area contributed by atoms with Crippen molar-refractivity contribution in [1.29, 1.82) is 0 Å². The molecule has 6 nitrogen and oxygen atoms in total. The zero-order valence-electron chi connectivity index (χ0n) is 17.3. The molecular weight excluding hydrogens is 402 g/mol. The van der Waals surface area contributed by atoms with Crippen LogP contribution in [0.1, 0.15) is 59.5 Å². The van der Waals surface area contributed by atoms with Gasteiger partial charge >= 0.3 is 5.97 Å². The third-order valence-corrected chi connectivity index (χ3v) is 6.22. The number of aryl methyl sites for hydroxylation is 2. The van der Waals surface area contributed by atoms with E-state index in [2.05, 4.69) is 9.97 Å². The van der Waals surface area contributed by atoms with Crippen LogP contribution in [0.3, 0.4) is 0 Å². The van der Waals surface area contributed by atoms with Crippen LogP contribution in [0.25, 0.3) is 11.2 Å². The quantitative estimate of drug-likeness (QED) is 0.569. The number of carboxylic acids is 1. The van der Waals surface area contributed by atoms with Crippen molar-refractivity contribution >= 4 is 28.7 Å². The minimum Gasteiger partial charge on any atom is -0.493 e. The number of pyridine rings is 1. The molecule has 0 unspecified atom stereocenters. The van der Waals surface area contributed by atoms with Gasteiger partial charge in [0.05, 0.1) is 13.2 Å². The molecule has 0 spiro atoms. The number of carboxylic acid groups (broad SMARTS) is 1. The van der Waals surface area contributed by atoms with Gasteiger partial charge in [-0.2, -0.15) is 0 Å². The number of nitrogens with zero attached hydrogens (tertiary/aromatic N) is 3. The van der Waals surface area contributed by atoms with Crippen molar-refractivity contribution in [1.82, 2.24) is 14.5 Å². The van der Waals surface area contributed by atoms with Gasteiger partial charge in [0, 0.05) is 5.02 Å². The monoisotopic (exact) mass is 427 g/mol. The van der Waals surface area contributed by atoms with E-state index in [0.717, 1.165) is 29.3 Å². The number of imidazole rings is 1. The van der Waals surface area contributed by atoms with Crippen LogP contribution in [-0.4, -0.2) is 32.2 Å². The minimum atomic E-state index is -1.05. The van der Waals surface area contributed by atoms with E-state index in [1.807, 2.05) is 36.6 Å². The number of ether oxygens (including phenoxy) is 1. The van der Waals surface area contributed by atoms with Gasteiger partial charge in [-0.25, -0.2) is 14.8 Å². The molecule has 4 rings (SSSR count). The molecule has 2 heterocycles. The number of hydrogen-bond donors (Lipinski definition) is 1. The fourth-order valence-electron chi connectivity index (χ4n) is 4.13. The number of rotatable bonds is 6. The van der Waals surface area contributed by atoms with Gasteiger partial charge in [0.2, 0.25) is 0 Å². The Labute approximate surface area is 180 Å². The lowest BCUT2D eigenvalue weighted by molar-refractivity contribution is 0.0690. The van der Waals surface area contributed by atoms with Gasteiger partial charge in [-0.15, -0.1) is 0 Å². The van der Waals surface area contributed by atoms with Crippen molar-refractivity contribution in [3.05, 3.63) is 51.9 Å². The molecule has 158 valence electrons. The molecule has 30 heavy (non-hydrogen) atoms. The second-order valence-electron chi connectivity index (χ2n) is 8.12. The summed E-state index contributed by atoms with van der Waals surface area (Å²) in [5.41, 5.74) is 2.97. The molecule has 0 amide bonds. The van der Waals surface area contributed by atoms with Gasteiger partial charge in [0.1, 0.15) is 17.1 Å². The first-order chi connectivity index (χ1) is 14.4. The molecule has 1 saturated carbocycles. The number of benzene rings is 1. The van der Waals surface area contributed by atoms with Crippen LogP contribution in [0, 0.1) is 19.8 Å². The molecular formula is C23H26ClN3O3. The van der Waals surface area contributed by atoms with Crippen molar-refractivity contribution in [2.24, 2.45) is 5.92 Å². The third-order valence-electron chi connectivity index (χ3n) is 5.87. The zero-order valence-corrected chi connectivity index (χ0v) is 18.1. The predicted octanol–water partition coefficient (Wildman–Crippen LogP) is 5.41. The molecule has 1 aromatic carbocycles. The number of halogens is 1. The van der Waals surface area contributed by atoms with E-state index in [1.165, 1.54) is 32.1 Å². The molecule has 0 radical (unpaired) electrons. The summed E-state index contributed by atoms with van der Waals surface area (Å²) >= 11 is 6.56. The van der Waals surface area contributed by atoms with Crippen LogP contribution >= 0.6 is 11.6 Å². The van der Waals surface area contributed by atoms with Crippen LogP contribution in [0.4, 0.5) is 0 Å². The summed E-state index contributed by atoms with van der Waals surface area (Å²) < 4.78 is 7.89. The van der Waals surface area contributed by atoms with E-state index in [0.29, 0.717) is 28.6 Å². The maximum absolute atomic E-state index is 11.4. The first-order valence-corrected chi connectivity index (χ1v) is 10.8. The predicted molar refractivity (Wildman–Crippen MR) is 117 cm³/mol. The molecule has 1 fully saturated rings. The Morgan fingerprint density at radius 2 is 1.97 bits per heavy atom. The van der Waals surface area contributed by atoms with Gasteiger partial charge in [-0.05, 0) is 61.9 Å². The molecule has 0 atom stereocenters. The number of carbonyl (C=O) groups is 1. The summed E-state index contributed by atoms with van der Waals surface area (Å²) in [6.45, 7) is 4.93. The van der Waals surface area contributed by atoms with Crippen molar-refractivity contribution in [3.8, 4) is 5.75 Å². The van der Waals surface area contributed by atoms with Gasteiger partial charge < -0.3 is 14.4 Å².